The normalized spacial score (nSPS) is 13.5. The fraction of sp³-hybridized carbons (Fsp3) is 0.462. The third-order valence-corrected chi connectivity index (χ3v) is 2.72. The number of oxime groups is 1. The summed E-state index contributed by atoms with van der Waals surface area (Å²) in [6.45, 7) is 3.89. The third-order valence-electron chi connectivity index (χ3n) is 2.72. The van der Waals surface area contributed by atoms with Crippen LogP contribution < -0.4 is 11.1 Å². The minimum Gasteiger partial charge on any atom is -0.409 e. The van der Waals surface area contributed by atoms with Crippen LogP contribution >= 0.6 is 0 Å². The van der Waals surface area contributed by atoms with Gasteiger partial charge in [-0.25, -0.2) is 4.39 Å². The van der Waals surface area contributed by atoms with Crippen molar-refractivity contribution in [1.29, 1.82) is 0 Å². The molecule has 0 aliphatic heterocycles. The van der Waals surface area contributed by atoms with E-state index in [1.165, 1.54) is 6.07 Å². The van der Waals surface area contributed by atoms with Crippen molar-refractivity contribution < 1.29 is 14.3 Å². The van der Waals surface area contributed by atoms with E-state index in [4.69, 9.17) is 15.7 Å². The van der Waals surface area contributed by atoms with Gasteiger partial charge in [-0.1, -0.05) is 24.2 Å². The summed E-state index contributed by atoms with van der Waals surface area (Å²) >= 11 is 0. The summed E-state index contributed by atoms with van der Waals surface area (Å²) in [6, 6.07) is 4.50. The van der Waals surface area contributed by atoms with Crippen molar-refractivity contribution in [3.05, 3.63) is 35.1 Å². The lowest BCUT2D eigenvalue weighted by molar-refractivity contribution is 0.158. The van der Waals surface area contributed by atoms with E-state index in [-0.39, 0.29) is 11.7 Å². The summed E-state index contributed by atoms with van der Waals surface area (Å²) in [6.07, 6.45) is 0. The number of nitrogens with one attached hydrogen (secondary N) is 1. The molecular weight excluding hydrogens is 249 g/mol. The van der Waals surface area contributed by atoms with Gasteiger partial charge >= 0.3 is 0 Å². The molecule has 4 N–H and O–H groups in total. The lowest BCUT2D eigenvalue weighted by Crippen LogP contribution is -2.24. The van der Waals surface area contributed by atoms with E-state index >= 15 is 0 Å². The maximum absolute atomic E-state index is 13.8. The third kappa shape index (κ3) is 4.84. The highest BCUT2D eigenvalue weighted by Gasteiger charge is 2.07. The Morgan fingerprint density at radius 1 is 1.58 bits per heavy atom. The van der Waals surface area contributed by atoms with E-state index in [1.54, 1.807) is 19.2 Å². The van der Waals surface area contributed by atoms with Crippen LogP contribution in [0.15, 0.2) is 23.4 Å². The van der Waals surface area contributed by atoms with Gasteiger partial charge in [0.25, 0.3) is 0 Å². The molecule has 0 fully saturated rings. The Balaban J connectivity index is 2.56. The van der Waals surface area contributed by atoms with Crippen molar-refractivity contribution >= 4 is 5.84 Å². The molecule has 1 rings (SSSR count). The summed E-state index contributed by atoms with van der Waals surface area (Å²) in [5.74, 6) is -0.118. The zero-order valence-corrected chi connectivity index (χ0v) is 11.2. The Hall–Kier alpha value is -1.66. The van der Waals surface area contributed by atoms with Crippen LogP contribution in [0.2, 0.25) is 0 Å². The number of hydrogen-bond donors (Lipinski definition) is 3. The molecule has 6 heteroatoms. The van der Waals surface area contributed by atoms with Crippen molar-refractivity contribution in [3.63, 3.8) is 0 Å². The van der Waals surface area contributed by atoms with Crippen LogP contribution in [-0.4, -0.2) is 31.3 Å². The highest BCUT2D eigenvalue weighted by Crippen LogP contribution is 2.10. The first-order chi connectivity index (χ1) is 9.08. The number of halogens is 1. The van der Waals surface area contributed by atoms with E-state index < -0.39 is 0 Å². The number of nitrogens with zero attached hydrogens (tertiary/aromatic N) is 1. The van der Waals surface area contributed by atoms with Crippen molar-refractivity contribution in [2.24, 2.45) is 16.8 Å². The molecule has 0 bridgehead atoms. The average Bonchev–Trinajstić information content (AvgIpc) is 2.40. The van der Waals surface area contributed by atoms with Crippen LogP contribution in [0.1, 0.15) is 18.1 Å². The molecule has 0 heterocycles. The Bertz CT molecular complexity index is 438. The topological polar surface area (TPSA) is 79.9 Å². The molecule has 106 valence electrons. The second-order valence-corrected chi connectivity index (χ2v) is 4.48. The van der Waals surface area contributed by atoms with E-state index in [0.29, 0.717) is 30.2 Å². The smallest absolute Gasteiger partial charge is 0.170 e. The van der Waals surface area contributed by atoms with Gasteiger partial charge in [-0.05, 0) is 12.0 Å². The van der Waals surface area contributed by atoms with E-state index in [9.17, 15) is 4.39 Å². The van der Waals surface area contributed by atoms with Gasteiger partial charge in [-0.2, -0.15) is 0 Å². The first-order valence-electron chi connectivity index (χ1n) is 6.04. The standard InChI is InChI=1S/C13H20FN3O2/c1-9(8-19-2)6-16-7-11-4-3-10(5-12(11)14)13(15)17-18/h3-5,9,16,18H,6-8H2,1-2H3,(H2,15,17). The zero-order chi connectivity index (χ0) is 14.3. The van der Waals surface area contributed by atoms with Gasteiger partial charge in [0, 0.05) is 37.9 Å². The molecule has 0 saturated carbocycles. The first kappa shape index (κ1) is 15.4. The number of ether oxygens (including phenoxy) is 1. The highest BCUT2D eigenvalue weighted by molar-refractivity contribution is 5.97. The summed E-state index contributed by atoms with van der Waals surface area (Å²) < 4.78 is 18.8. The molecule has 0 radical (unpaired) electrons. The Labute approximate surface area is 112 Å². The van der Waals surface area contributed by atoms with Crippen LogP contribution in [0.25, 0.3) is 0 Å². The zero-order valence-electron chi connectivity index (χ0n) is 11.2. The molecule has 19 heavy (non-hydrogen) atoms. The lowest BCUT2D eigenvalue weighted by Gasteiger charge is -2.12. The van der Waals surface area contributed by atoms with Gasteiger partial charge in [0.1, 0.15) is 5.82 Å². The average molecular weight is 269 g/mol. The monoisotopic (exact) mass is 269 g/mol. The van der Waals surface area contributed by atoms with Crippen molar-refractivity contribution in [2.75, 3.05) is 20.3 Å². The van der Waals surface area contributed by atoms with Crippen molar-refractivity contribution in [1.82, 2.24) is 5.32 Å². The van der Waals surface area contributed by atoms with Crippen LogP contribution in [0.5, 0.6) is 0 Å². The van der Waals surface area contributed by atoms with E-state index in [2.05, 4.69) is 10.5 Å². The molecule has 1 atom stereocenters. The number of methoxy groups -OCH3 is 1. The molecule has 5 nitrogen and oxygen atoms in total. The second kappa shape index (κ2) is 7.70. The number of rotatable bonds is 7. The molecule has 0 aromatic heterocycles. The van der Waals surface area contributed by atoms with Gasteiger partial charge in [-0.3, -0.25) is 0 Å². The second-order valence-electron chi connectivity index (χ2n) is 4.48. The molecule has 0 saturated heterocycles. The summed E-state index contributed by atoms with van der Waals surface area (Å²) in [4.78, 5) is 0. The van der Waals surface area contributed by atoms with Gasteiger partial charge in [0.05, 0.1) is 0 Å². The fourth-order valence-corrected chi connectivity index (χ4v) is 1.70. The van der Waals surface area contributed by atoms with Gasteiger partial charge in [0.2, 0.25) is 0 Å². The predicted octanol–water partition coefficient (Wildman–Crippen LogP) is 1.29. The van der Waals surface area contributed by atoms with Crippen LogP contribution in [0.4, 0.5) is 4.39 Å². The lowest BCUT2D eigenvalue weighted by atomic mass is 10.1. The SMILES string of the molecule is COCC(C)CNCc1ccc(C(N)=NO)cc1F. The number of benzene rings is 1. The molecule has 0 spiro atoms. The van der Waals surface area contributed by atoms with Crippen LogP contribution in [0, 0.1) is 11.7 Å². The van der Waals surface area contributed by atoms with E-state index in [1.807, 2.05) is 6.92 Å². The molecule has 0 aliphatic rings. The molecule has 0 aliphatic carbocycles. The summed E-state index contributed by atoms with van der Waals surface area (Å²) in [7, 11) is 1.65. The molecular formula is C13H20FN3O2. The summed E-state index contributed by atoms with van der Waals surface area (Å²) in [5.41, 5.74) is 6.29. The van der Waals surface area contributed by atoms with Crippen LogP contribution in [0.3, 0.4) is 0 Å². The quantitative estimate of drug-likeness (QED) is 0.301. The van der Waals surface area contributed by atoms with Gasteiger partial charge in [-0.15, -0.1) is 0 Å². The Morgan fingerprint density at radius 3 is 2.89 bits per heavy atom. The molecule has 1 aromatic carbocycles. The maximum Gasteiger partial charge on any atom is 0.170 e. The summed E-state index contributed by atoms with van der Waals surface area (Å²) in [5, 5.41) is 14.5. The van der Waals surface area contributed by atoms with Crippen molar-refractivity contribution in [3.8, 4) is 0 Å². The number of hydrogen-bond acceptors (Lipinski definition) is 4. The molecule has 1 aromatic rings. The van der Waals surface area contributed by atoms with Gasteiger partial charge in [0.15, 0.2) is 5.84 Å². The Kier molecular flexibility index (Phi) is 6.24. The predicted molar refractivity (Wildman–Crippen MR) is 71.7 cm³/mol. The Morgan fingerprint density at radius 2 is 2.32 bits per heavy atom. The fourth-order valence-electron chi connectivity index (χ4n) is 1.70. The number of nitrogens with two attached hydrogens (primary N) is 1. The number of amidine groups is 1. The first-order valence-corrected chi connectivity index (χ1v) is 6.04. The largest absolute Gasteiger partial charge is 0.409 e. The highest BCUT2D eigenvalue weighted by atomic mass is 19.1. The van der Waals surface area contributed by atoms with Crippen molar-refractivity contribution in [2.45, 2.75) is 13.5 Å². The van der Waals surface area contributed by atoms with Gasteiger partial charge < -0.3 is 21.0 Å². The molecule has 0 amide bonds. The minimum absolute atomic E-state index is 0.105. The van der Waals surface area contributed by atoms with Crippen LogP contribution in [-0.2, 0) is 11.3 Å². The minimum atomic E-state index is -0.379. The maximum atomic E-state index is 13.8. The molecule has 1 unspecified atom stereocenters. The van der Waals surface area contributed by atoms with E-state index in [0.717, 1.165) is 6.54 Å².